The van der Waals surface area contributed by atoms with Gasteiger partial charge in [0, 0.05) is 19.1 Å². The molecule has 0 unspecified atom stereocenters. The second-order valence-electron chi connectivity index (χ2n) is 6.56. The molecule has 4 rings (SSSR count). The van der Waals surface area contributed by atoms with Gasteiger partial charge in [-0.25, -0.2) is 14.8 Å². The molecule has 0 fully saturated rings. The second kappa shape index (κ2) is 9.26. The van der Waals surface area contributed by atoms with Crippen molar-refractivity contribution >= 4 is 11.6 Å². The first kappa shape index (κ1) is 20.4. The molecule has 0 amide bonds. The van der Waals surface area contributed by atoms with Crippen LogP contribution >= 0.6 is 0 Å². The molecule has 4 aromatic rings. The summed E-state index contributed by atoms with van der Waals surface area (Å²) < 4.78 is 16.7. The van der Waals surface area contributed by atoms with E-state index < -0.39 is 5.97 Å². The number of ether oxygens (including phenoxy) is 3. The zero-order valence-corrected chi connectivity index (χ0v) is 17.1. The molecule has 0 saturated heterocycles. The van der Waals surface area contributed by atoms with E-state index in [4.69, 9.17) is 14.2 Å². The van der Waals surface area contributed by atoms with Gasteiger partial charge in [0.05, 0.1) is 26.1 Å². The zero-order chi connectivity index (χ0) is 21.6. The van der Waals surface area contributed by atoms with Gasteiger partial charge in [-0.05, 0) is 23.8 Å². The maximum Gasteiger partial charge on any atom is 0.358 e. The highest BCUT2D eigenvalue weighted by atomic mass is 16.5. The van der Waals surface area contributed by atoms with Gasteiger partial charge in [-0.1, -0.05) is 18.2 Å². The predicted molar refractivity (Wildman–Crippen MR) is 110 cm³/mol. The molecule has 3 heterocycles. The molecular weight excluding hydrogens is 400 g/mol. The average Bonchev–Trinajstić information content (AvgIpc) is 3.21. The van der Waals surface area contributed by atoms with Gasteiger partial charge in [0.2, 0.25) is 0 Å². The van der Waals surface area contributed by atoms with Crippen molar-refractivity contribution in [3.05, 3.63) is 65.9 Å². The molecule has 10 nitrogen and oxygen atoms in total. The van der Waals surface area contributed by atoms with Gasteiger partial charge in [0.15, 0.2) is 28.7 Å². The molecule has 31 heavy (non-hydrogen) atoms. The van der Waals surface area contributed by atoms with Crippen molar-refractivity contribution < 1.29 is 19.0 Å². The van der Waals surface area contributed by atoms with Gasteiger partial charge in [0.25, 0.3) is 0 Å². The van der Waals surface area contributed by atoms with Gasteiger partial charge in [-0.15, -0.1) is 10.2 Å². The molecule has 0 saturated carbocycles. The molecule has 0 atom stereocenters. The minimum Gasteiger partial charge on any atom is -0.488 e. The lowest BCUT2D eigenvalue weighted by molar-refractivity contribution is 0.0592. The van der Waals surface area contributed by atoms with Crippen molar-refractivity contribution in [2.45, 2.75) is 6.42 Å². The van der Waals surface area contributed by atoms with E-state index in [0.29, 0.717) is 42.7 Å². The number of benzene rings is 1. The van der Waals surface area contributed by atoms with E-state index in [9.17, 15) is 4.79 Å². The Labute approximate surface area is 177 Å². The number of carbonyl (C=O) groups excluding carboxylic acids is 1. The van der Waals surface area contributed by atoms with Crippen molar-refractivity contribution in [1.82, 2.24) is 29.8 Å². The molecule has 1 aromatic carbocycles. The Morgan fingerprint density at radius 2 is 1.87 bits per heavy atom. The van der Waals surface area contributed by atoms with Crippen molar-refractivity contribution in [3.63, 3.8) is 0 Å². The van der Waals surface area contributed by atoms with Crippen LogP contribution in [0.4, 0.5) is 0 Å². The highest BCUT2D eigenvalue weighted by Gasteiger charge is 2.13. The standard InChI is InChI=1S/C21H20N6O4/c1-29-8-9-31-16-12-22-20(23-13-16)15-5-3-4-14(10-15)11-19-25-24-18-7-6-17(21(28)30-2)26-27(18)19/h3-7,10,12-13H,8-9,11H2,1-2H3. The quantitative estimate of drug-likeness (QED) is 0.312. The number of nitrogens with zero attached hydrogens (tertiary/aromatic N) is 6. The van der Waals surface area contributed by atoms with Crippen LogP contribution in [0.1, 0.15) is 21.9 Å². The zero-order valence-electron chi connectivity index (χ0n) is 17.1. The van der Waals surface area contributed by atoms with E-state index >= 15 is 0 Å². The highest BCUT2D eigenvalue weighted by molar-refractivity contribution is 5.87. The van der Waals surface area contributed by atoms with Crippen LogP contribution in [0.25, 0.3) is 17.0 Å². The number of fused-ring (bicyclic) bond motifs is 1. The third kappa shape index (κ3) is 4.64. The number of hydrogen-bond acceptors (Lipinski definition) is 9. The number of rotatable bonds is 8. The molecule has 3 aromatic heterocycles. The lowest BCUT2D eigenvalue weighted by Crippen LogP contribution is -2.09. The van der Waals surface area contributed by atoms with Crippen molar-refractivity contribution in [3.8, 4) is 17.1 Å². The summed E-state index contributed by atoms with van der Waals surface area (Å²) in [6, 6.07) is 11.0. The van der Waals surface area contributed by atoms with Crippen molar-refractivity contribution in [2.75, 3.05) is 27.4 Å². The Kier molecular flexibility index (Phi) is 6.08. The molecule has 0 spiro atoms. The van der Waals surface area contributed by atoms with Crippen molar-refractivity contribution in [1.29, 1.82) is 0 Å². The summed E-state index contributed by atoms with van der Waals surface area (Å²) in [5.74, 6) is 1.24. The summed E-state index contributed by atoms with van der Waals surface area (Å²) in [5, 5.41) is 12.6. The van der Waals surface area contributed by atoms with Crippen LogP contribution < -0.4 is 4.74 Å². The maximum absolute atomic E-state index is 11.8. The van der Waals surface area contributed by atoms with E-state index in [0.717, 1.165) is 11.1 Å². The van der Waals surface area contributed by atoms with Gasteiger partial charge >= 0.3 is 5.97 Å². The lowest BCUT2D eigenvalue weighted by Gasteiger charge is -2.07. The van der Waals surface area contributed by atoms with Gasteiger partial charge in [0.1, 0.15) is 6.61 Å². The number of hydrogen-bond donors (Lipinski definition) is 0. The molecule has 158 valence electrons. The molecule has 0 aliphatic carbocycles. The first-order valence-corrected chi connectivity index (χ1v) is 9.50. The minimum absolute atomic E-state index is 0.186. The van der Waals surface area contributed by atoms with Gasteiger partial charge in [-0.3, -0.25) is 0 Å². The monoisotopic (exact) mass is 420 g/mol. The first-order chi connectivity index (χ1) is 15.2. The van der Waals surface area contributed by atoms with Crippen LogP contribution in [-0.4, -0.2) is 63.2 Å². The Bertz CT molecular complexity index is 1190. The first-order valence-electron chi connectivity index (χ1n) is 9.50. The van der Waals surface area contributed by atoms with Crippen LogP contribution in [0.15, 0.2) is 48.8 Å². The Hall–Kier alpha value is -3.92. The summed E-state index contributed by atoms with van der Waals surface area (Å²) in [6.45, 7) is 0.934. The number of methoxy groups -OCH3 is 2. The second-order valence-corrected chi connectivity index (χ2v) is 6.56. The molecule has 0 aliphatic heterocycles. The van der Waals surface area contributed by atoms with Gasteiger partial charge < -0.3 is 14.2 Å². The molecule has 10 heteroatoms. The van der Waals surface area contributed by atoms with E-state index in [1.807, 2.05) is 24.3 Å². The summed E-state index contributed by atoms with van der Waals surface area (Å²) in [7, 11) is 2.93. The summed E-state index contributed by atoms with van der Waals surface area (Å²) in [4.78, 5) is 20.5. The smallest absolute Gasteiger partial charge is 0.358 e. The van der Waals surface area contributed by atoms with E-state index in [1.165, 1.54) is 7.11 Å². The van der Waals surface area contributed by atoms with E-state index in [-0.39, 0.29) is 5.69 Å². The van der Waals surface area contributed by atoms with Gasteiger partial charge in [-0.2, -0.15) is 9.61 Å². The van der Waals surface area contributed by atoms with Crippen LogP contribution in [0.3, 0.4) is 0 Å². The Morgan fingerprint density at radius 1 is 1.03 bits per heavy atom. The predicted octanol–water partition coefficient (Wildman–Crippen LogP) is 1.98. The minimum atomic E-state index is -0.518. The average molecular weight is 420 g/mol. The summed E-state index contributed by atoms with van der Waals surface area (Å²) >= 11 is 0. The number of carbonyl (C=O) groups is 1. The van der Waals surface area contributed by atoms with Crippen LogP contribution in [0.5, 0.6) is 5.75 Å². The third-order valence-electron chi connectivity index (χ3n) is 4.45. The number of aromatic nitrogens is 6. The fraction of sp³-hybridized carbons (Fsp3) is 0.238. The third-order valence-corrected chi connectivity index (χ3v) is 4.45. The Morgan fingerprint density at radius 3 is 2.65 bits per heavy atom. The molecule has 0 radical (unpaired) electrons. The normalized spacial score (nSPS) is 10.9. The van der Waals surface area contributed by atoms with E-state index in [1.54, 1.807) is 36.2 Å². The molecule has 0 bridgehead atoms. The van der Waals surface area contributed by atoms with Crippen LogP contribution in [0, 0.1) is 0 Å². The van der Waals surface area contributed by atoms with Crippen LogP contribution in [-0.2, 0) is 15.9 Å². The highest BCUT2D eigenvalue weighted by Crippen LogP contribution is 2.19. The Balaban J connectivity index is 1.54. The molecule has 0 N–H and O–H groups in total. The molecule has 0 aliphatic rings. The molecular formula is C21H20N6O4. The maximum atomic E-state index is 11.8. The lowest BCUT2D eigenvalue weighted by atomic mass is 10.1. The largest absolute Gasteiger partial charge is 0.488 e. The summed E-state index contributed by atoms with van der Waals surface area (Å²) in [5.41, 5.74) is 2.57. The topological polar surface area (TPSA) is 114 Å². The van der Waals surface area contributed by atoms with E-state index in [2.05, 4.69) is 25.3 Å². The van der Waals surface area contributed by atoms with Crippen LogP contribution in [0.2, 0.25) is 0 Å². The fourth-order valence-corrected chi connectivity index (χ4v) is 2.94. The SMILES string of the molecule is COCCOc1cnc(-c2cccc(Cc3nnc4ccc(C(=O)OC)nn34)c2)nc1. The summed E-state index contributed by atoms with van der Waals surface area (Å²) in [6.07, 6.45) is 3.73. The number of esters is 1. The van der Waals surface area contributed by atoms with Crippen molar-refractivity contribution in [2.24, 2.45) is 0 Å². The fourth-order valence-electron chi connectivity index (χ4n) is 2.94.